The number of hydrogen-bond donors (Lipinski definition) is 0. The van der Waals surface area contributed by atoms with Crippen molar-refractivity contribution in [3.05, 3.63) is 34.1 Å². The Bertz CT molecular complexity index is 352. The van der Waals surface area contributed by atoms with Crippen molar-refractivity contribution in [2.45, 2.75) is 19.3 Å². The number of hydrogen-bond acceptors (Lipinski definition) is 2. The molecule has 0 aliphatic rings. The maximum Gasteiger partial charge on any atom is 0.305 e. The number of carbonyl (C=O) groups excluding carboxylic acids is 1. The van der Waals surface area contributed by atoms with E-state index in [4.69, 9.17) is 0 Å². The molecule has 0 amide bonds. The molecule has 0 aliphatic heterocycles. The van der Waals surface area contributed by atoms with Crippen LogP contribution in [0.1, 0.15) is 18.4 Å². The van der Waals surface area contributed by atoms with Crippen LogP contribution in [0.3, 0.4) is 0 Å². The molecule has 15 heavy (non-hydrogen) atoms. The molecule has 0 fully saturated rings. The van der Waals surface area contributed by atoms with Crippen LogP contribution in [0, 0.1) is 5.82 Å². The summed E-state index contributed by atoms with van der Waals surface area (Å²) in [5, 5.41) is 0. The molecular formula is C11H12BrFO2. The molecule has 82 valence electrons. The van der Waals surface area contributed by atoms with E-state index in [0.717, 1.165) is 5.56 Å². The van der Waals surface area contributed by atoms with Crippen LogP contribution in [0.25, 0.3) is 0 Å². The Kier molecular flexibility index (Phi) is 4.75. The van der Waals surface area contributed by atoms with Gasteiger partial charge in [0.05, 0.1) is 11.6 Å². The highest BCUT2D eigenvalue weighted by atomic mass is 79.9. The van der Waals surface area contributed by atoms with Crippen molar-refractivity contribution in [3.8, 4) is 0 Å². The Morgan fingerprint density at radius 2 is 2.27 bits per heavy atom. The monoisotopic (exact) mass is 274 g/mol. The molecule has 0 saturated carbocycles. The van der Waals surface area contributed by atoms with Crippen molar-refractivity contribution in [1.82, 2.24) is 0 Å². The number of methoxy groups -OCH3 is 1. The van der Waals surface area contributed by atoms with Crippen LogP contribution in [-0.2, 0) is 16.0 Å². The number of ether oxygens (including phenoxy) is 1. The van der Waals surface area contributed by atoms with Crippen LogP contribution in [0.15, 0.2) is 22.7 Å². The minimum atomic E-state index is -0.273. The van der Waals surface area contributed by atoms with E-state index in [2.05, 4.69) is 20.7 Å². The van der Waals surface area contributed by atoms with E-state index in [1.807, 2.05) is 6.07 Å². The van der Waals surface area contributed by atoms with E-state index in [1.165, 1.54) is 13.2 Å². The fourth-order valence-electron chi connectivity index (χ4n) is 1.23. The minimum Gasteiger partial charge on any atom is -0.469 e. The van der Waals surface area contributed by atoms with Gasteiger partial charge in [-0.25, -0.2) is 4.39 Å². The first-order valence-corrected chi connectivity index (χ1v) is 5.43. The summed E-state index contributed by atoms with van der Waals surface area (Å²) >= 11 is 3.08. The zero-order valence-electron chi connectivity index (χ0n) is 8.43. The van der Waals surface area contributed by atoms with Gasteiger partial charge in [0, 0.05) is 6.42 Å². The van der Waals surface area contributed by atoms with Gasteiger partial charge >= 0.3 is 5.97 Å². The summed E-state index contributed by atoms with van der Waals surface area (Å²) in [4.78, 5) is 10.8. The predicted molar refractivity (Wildman–Crippen MR) is 59.1 cm³/mol. The molecule has 0 atom stereocenters. The van der Waals surface area contributed by atoms with Gasteiger partial charge < -0.3 is 4.74 Å². The molecule has 0 heterocycles. The lowest BCUT2D eigenvalue weighted by atomic mass is 10.1. The molecule has 1 aromatic rings. The summed E-state index contributed by atoms with van der Waals surface area (Å²) in [6.45, 7) is 0. The van der Waals surface area contributed by atoms with Gasteiger partial charge in [-0.3, -0.25) is 4.79 Å². The first-order valence-electron chi connectivity index (χ1n) is 4.64. The summed E-state index contributed by atoms with van der Waals surface area (Å²) in [5.74, 6) is -0.502. The SMILES string of the molecule is COC(=O)CCCc1ccc(Br)c(F)c1. The second-order valence-electron chi connectivity index (χ2n) is 3.18. The Balaban J connectivity index is 2.44. The van der Waals surface area contributed by atoms with Gasteiger partial charge in [0.2, 0.25) is 0 Å². The standard InChI is InChI=1S/C11H12BrFO2/c1-15-11(14)4-2-3-8-5-6-9(12)10(13)7-8/h5-7H,2-4H2,1H3. The van der Waals surface area contributed by atoms with Gasteiger partial charge in [0.1, 0.15) is 5.82 Å². The van der Waals surface area contributed by atoms with E-state index in [9.17, 15) is 9.18 Å². The fourth-order valence-corrected chi connectivity index (χ4v) is 1.48. The number of benzene rings is 1. The van der Waals surface area contributed by atoms with Crippen molar-refractivity contribution < 1.29 is 13.9 Å². The molecule has 0 radical (unpaired) electrons. The zero-order chi connectivity index (χ0) is 11.3. The maximum atomic E-state index is 13.1. The van der Waals surface area contributed by atoms with Crippen molar-refractivity contribution in [2.24, 2.45) is 0 Å². The highest BCUT2D eigenvalue weighted by Gasteiger charge is 2.03. The fraction of sp³-hybridized carbons (Fsp3) is 0.364. The smallest absolute Gasteiger partial charge is 0.305 e. The second-order valence-corrected chi connectivity index (χ2v) is 4.03. The van der Waals surface area contributed by atoms with Gasteiger partial charge in [0.15, 0.2) is 0 Å². The summed E-state index contributed by atoms with van der Waals surface area (Å²) in [6.07, 6.45) is 1.72. The molecule has 2 nitrogen and oxygen atoms in total. The highest BCUT2D eigenvalue weighted by Crippen LogP contribution is 2.17. The third-order valence-corrected chi connectivity index (χ3v) is 2.70. The van der Waals surface area contributed by atoms with Crippen LogP contribution in [-0.4, -0.2) is 13.1 Å². The van der Waals surface area contributed by atoms with Gasteiger partial charge in [-0.15, -0.1) is 0 Å². The Labute approximate surface area is 96.6 Å². The average Bonchev–Trinajstić information content (AvgIpc) is 2.23. The summed E-state index contributed by atoms with van der Waals surface area (Å²) in [7, 11) is 1.36. The third kappa shape index (κ3) is 4.00. The number of aryl methyl sites for hydroxylation is 1. The van der Waals surface area contributed by atoms with Crippen molar-refractivity contribution in [1.29, 1.82) is 0 Å². The summed E-state index contributed by atoms with van der Waals surface area (Å²) in [5.41, 5.74) is 0.889. The Morgan fingerprint density at radius 3 is 2.87 bits per heavy atom. The third-order valence-electron chi connectivity index (χ3n) is 2.06. The normalized spacial score (nSPS) is 10.1. The molecular weight excluding hydrogens is 263 g/mol. The first kappa shape index (κ1) is 12.2. The van der Waals surface area contributed by atoms with Crippen molar-refractivity contribution in [2.75, 3.05) is 7.11 Å². The summed E-state index contributed by atoms with van der Waals surface area (Å²) in [6, 6.07) is 4.98. The lowest BCUT2D eigenvalue weighted by Crippen LogP contribution is -2.00. The van der Waals surface area contributed by atoms with Crippen LogP contribution in [0.4, 0.5) is 4.39 Å². The van der Waals surface area contributed by atoms with Gasteiger partial charge in [0.25, 0.3) is 0 Å². The van der Waals surface area contributed by atoms with E-state index in [1.54, 1.807) is 6.07 Å². The average molecular weight is 275 g/mol. The number of esters is 1. The second kappa shape index (κ2) is 5.85. The molecule has 4 heteroatoms. The molecule has 0 saturated heterocycles. The molecule has 0 aliphatic carbocycles. The molecule has 0 N–H and O–H groups in total. The van der Waals surface area contributed by atoms with E-state index in [0.29, 0.717) is 23.7 Å². The first-order chi connectivity index (χ1) is 7.13. The number of carbonyl (C=O) groups is 1. The lowest BCUT2D eigenvalue weighted by molar-refractivity contribution is -0.140. The van der Waals surface area contributed by atoms with Crippen molar-refractivity contribution in [3.63, 3.8) is 0 Å². The van der Waals surface area contributed by atoms with Crippen LogP contribution in [0.5, 0.6) is 0 Å². The minimum absolute atomic E-state index is 0.229. The van der Waals surface area contributed by atoms with E-state index >= 15 is 0 Å². The molecule has 1 aromatic carbocycles. The van der Waals surface area contributed by atoms with Gasteiger partial charge in [-0.05, 0) is 46.5 Å². The Morgan fingerprint density at radius 1 is 1.53 bits per heavy atom. The van der Waals surface area contributed by atoms with E-state index in [-0.39, 0.29) is 11.8 Å². The molecule has 1 rings (SSSR count). The lowest BCUT2D eigenvalue weighted by Gasteiger charge is -2.02. The molecule has 0 aromatic heterocycles. The van der Waals surface area contributed by atoms with Crippen molar-refractivity contribution >= 4 is 21.9 Å². The van der Waals surface area contributed by atoms with Crippen LogP contribution >= 0.6 is 15.9 Å². The van der Waals surface area contributed by atoms with Gasteiger partial charge in [-0.1, -0.05) is 6.07 Å². The zero-order valence-corrected chi connectivity index (χ0v) is 10.0. The molecule has 0 spiro atoms. The van der Waals surface area contributed by atoms with E-state index < -0.39 is 0 Å². The Hall–Kier alpha value is -0.900. The quantitative estimate of drug-likeness (QED) is 0.789. The summed E-state index contributed by atoms with van der Waals surface area (Å²) < 4.78 is 18.1. The highest BCUT2D eigenvalue weighted by molar-refractivity contribution is 9.10. The molecule has 0 bridgehead atoms. The predicted octanol–water partition coefficient (Wildman–Crippen LogP) is 3.08. The number of rotatable bonds is 4. The maximum absolute atomic E-state index is 13.1. The molecule has 0 unspecified atom stereocenters. The number of halogens is 2. The van der Waals surface area contributed by atoms with Crippen LogP contribution in [0.2, 0.25) is 0 Å². The topological polar surface area (TPSA) is 26.3 Å². The largest absolute Gasteiger partial charge is 0.469 e. The van der Waals surface area contributed by atoms with Crippen LogP contribution < -0.4 is 0 Å². The van der Waals surface area contributed by atoms with Gasteiger partial charge in [-0.2, -0.15) is 0 Å².